The van der Waals surface area contributed by atoms with Crippen LogP contribution >= 0.6 is 0 Å². The second-order valence-electron chi connectivity index (χ2n) is 6.55. The number of benzene rings is 2. The molecule has 3 amide bonds. The number of methoxy groups -OCH3 is 2. The highest BCUT2D eigenvalue weighted by Gasteiger charge is 2.32. The zero-order valence-electron chi connectivity index (χ0n) is 16.3. The zero-order valence-corrected chi connectivity index (χ0v) is 16.3. The maximum atomic E-state index is 12.5. The van der Waals surface area contributed by atoms with Crippen molar-refractivity contribution in [2.24, 2.45) is 0 Å². The Morgan fingerprint density at radius 1 is 1.14 bits per heavy atom. The van der Waals surface area contributed by atoms with Crippen molar-refractivity contribution in [2.45, 2.75) is 25.8 Å². The third-order valence-corrected chi connectivity index (χ3v) is 4.79. The summed E-state index contributed by atoms with van der Waals surface area (Å²) in [7, 11) is 3.12. The highest BCUT2D eigenvalue weighted by atomic mass is 16.5. The van der Waals surface area contributed by atoms with Gasteiger partial charge in [-0.05, 0) is 30.2 Å². The van der Waals surface area contributed by atoms with E-state index in [4.69, 9.17) is 9.47 Å². The van der Waals surface area contributed by atoms with Crippen LogP contribution in [0.3, 0.4) is 0 Å². The SMILES string of the molecule is CCc1ccccc1NC(=O)NC1CC(=O)N(c2ccc(OC)c(OC)c2)C1. The van der Waals surface area contributed by atoms with Crippen LogP contribution in [0.25, 0.3) is 0 Å². The molecular formula is C21H25N3O4. The van der Waals surface area contributed by atoms with Crippen molar-refractivity contribution in [3.05, 3.63) is 48.0 Å². The Balaban J connectivity index is 1.65. The van der Waals surface area contributed by atoms with E-state index in [-0.39, 0.29) is 24.4 Å². The van der Waals surface area contributed by atoms with Crippen molar-refractivity contribution in [2.75, 3.05) is 31.0 Å². The average Bonchev–Trinajstić information content (AvgIpc) is 3.07. The van der Waals surface area contributed by atoms with E-state index < -0.39 is 0 Å². The molecule has 1 saturated heterocycles. The number of nitrogens with one attached hydrogen (secondary N) is 2. The molecule has 1 aliphatic rings. The molecule has 1 heterocycles. The van der Waals surface area contributed by atoms with Crippen LogP contribution in [0, 0.1) is 0 Å². The summed E-state index contributed by atoms with van der Waals surface area (Å²) in [5.74, 6) is 1.10. The molecule has 28 heavy (non-hydrogen) atoms. The van der Waals surface area contributed by atoms with E-state index in [1.807, 2.05) is 31.2 Å². The molecular weight excluding hydrogens is 358 g/mol. The van der Waals surface area contributed by atoms with Gasteiger partial charge >= 0.3 is 6.03 Å². The summed E-state index contributed by atoms with van der Waals surface area (Å²) in [5.41, 5.74) is 2.55. The van der Waals surface area contributed by atoms with Crippen LogP contribution in [-0.2, 0) is 11.2 Å². The number of nitrogens with zero attached hydrogens (tertiary/aromatic N) is 1. The van der Waals surface area contributed by atoms with Crippen LogP contribution in [0.2, 0.25) is 0 Å². The molecule has 0 saturated carbocycles. The number of para-hydroxylation sites is 1. The van der Waals surface area contributed by atoms with Crippen LogP contribution in [0.1, 0.15) is 18.9 Å². The Morgan fingerprint density at radius 2 is 1.89 bits per heavy atom. The van der Waals surface area contributed by atoms with Gasteiger partial charge in [0, 0.05) is 30.4 Å². The minimum Gasteiger partial charge on any atom is -0.493 e. The second kappa shape index (κ2) is 8.65. The highest BCUT2D eigenvalue weighted by molar-refractivity contribution is 5.98. The number of carbonyl (C=O) groups is 2. The molecule has 1 aliphatic heterocycles. The fourth-order valence-corrected chi connectivity index (χ4v) is 3.34. The standard InChI is InChI=1S/C21H25N3O4/c1-4-14-7-5-6-8-17(14)23-21(26)22-15-11-20(25)24(13-15)16-9-10-18(27-2)19(12-16)28-3/h5-10,12,15H,4,11,13H2,1-3H3,(H2,22,23,26). The maximum absolute atomic E-state index is 12.5. The molecule has 7 heteroatoms. The number of anilines is 2. The van der Waals surface area contributed by atoms with Crippen LogP contribution in [0.15, 0.2) is 42.5 Å². The first-order chi connectivity index (χ1) is 13.5. The van der Waals surface area contributed by atoms with Gasteiger partial charge in [-0.25, -0.2) is 4.79 Å². The summed E-state index contributed by atoms with van der Waals surface area (Å²) in [6.07, 6.45) is 1.07. The van der Waals surface area contributed by atoms with E-state index in [1.165, 1.54) is 0 Å². The first-order valence-electron chi connectivity index (χ1n) is 9.23. The van der Waals surface area contributed by atoms with E-state index >= 15 is 0 Å². The number of hydrogen-bond donors (Lipinski definition) is 2. The number of urea groups is 1. The lowest BCUT2D eigenvalue weighted by molar-refractivity contribution is -0.117. The number of amides is 3. The van der Waals surface area contributed by atoms with Crippen molar-refractivity contribution in [3.63, 3.8) is 0 Å². The van der Waals surface area contributed by atoms with Gasteiger partial charge in [-0.1, -0.05) is 25.1 Å². The van der Waals surface area contributed by atoms with Crippen LogP contribution in [0.4, 0.5) is 16.2 Å². The van der Waals surface area contributed by atoms with Gasteiger partial charge in [0.15, 0.2) is 11.5 Å². The van der Waals surface area contributed by atoms with Gasteiger partial charge in [-0.2, -0.15) is 0 Å². The smallest absolute Gasteiger partial charge is 0.319 e. The number of ether oxygens (including phenoxy) is 2. The molecule has 1 fully saturated rings. The van der Waals surface area contributed by atoms with Crippen LogP contribution in [0.5, 0.6) is 11.5 Å². The molecule has 0 spiro atoms. The van der Waals surface area contributed by atoms with Crippen molar-refractivity contribution in [1.82, 2.24) is 5.32 Å². The van der Waals surface area contributed by atoms with Crippen molar-refractivity contribution in [1.29, 1.82) is 0 Å². The summed E-state index contributed by atoms with van der Waals surface area (Å²) in [6.45, 7) is 2.44. The van der Waals surface area contributed by atoms with Gasteiger partial charge in [-0.3, -0.25) is 4.79 Å². The fraction of sp³-hybridized carbons (Fsp3) is 0.333. The van der Waals surface area contributed by atoms with Gasteiger partial charge in [-0.15, -0.1) is 0 Å². The highest BCUT2D eigenvalue weighted by Crippen LogP contribution is 2.33. The monoisotopic (exact) mass is 383 g/mol. The number of rotatable bonds is 6. The van der Waals surface area contributed by atoms with Crippen LogP contribution in [-0.4, -0.2) is 38.7 Å². The van der Waals surface area contributed by atoms with Gasteiger partial charge in [0.05, 0.1) is 20.3 Å². The predicted octanol–water partition coefficient (Wildman–Crippen LogP) is 3.19. The molecule has 2 aromatic rings. The first-order valence-corrected chi connectivity index (χ1v) is 9.23. The Bertz CT molecular complexity index is 868. The zero-order chi connectivity index (χ0) is 20.1. The third kappa shape index (κ3) is 4.19. The lowest BCUT2D eigenvalue weighted by atomic mass is 10.1. The Labute approximate surface area is 164 Å². The lowest BCUT2D eigenvalue weighted by Gasteiger charge is -2.19. The van der Waals surface area contributed by atoms with Gasteiger partial charge in [0.1, 0.15) is 0 Å². The minimum atomic E-state index is -0.312. The third-order valence-electron chi connectivity index (χ3n) is 4.79. The molecule has 0 aliphatic carbocycles. The molecule has 2 aromatic carbocycles. The van der Waals surface area contributed by atoms with Gasteiger partial charge in [0.25, 0.3) is 0 Å². The first kappa shape index (κ1) is 19.5. The average molecular weight is 383 g/mol. The topological polar surface area (TPSA) is 79.9 Å². The van der Waals surface area contributed by atoms with Gasteiger partial charge < -0.3 is 25.0 Å². The summed E-state index contributed by atoms with van der Waals surface area (Å²) in [6, 6.07) is 12.4. The van der Waals surface area contributed by atoms with Gasteiger partial charge in [0.2, 0.25) is 5.91 Å². The summed E-state index contributed by atoms with van der Waals surface area (Å²) in [5, 5.41) is 5.77. The van der Waals surface area contributed by atoms with Crippen molar-refractivity contribution >= 4 is 23.3 Å². The number of aryl methyl sites for hydroxylation is 1. The molecule has 3 rings (SSSR count). The van der Waals surface area contributed by atoms with Crippen LogP contribution < -0.4 is 25.0 Å². The Morgan fingerprint density at radius 3 is 2.61 bits per heavy atom. The van der Waals surface area contributed by atoms with Crippen molar-refractivity contribution in [3.8, 4) is 11.5 Å². The summed E-state index contributed by atoms with van der Waals surface area (Å²) < 4.78 is 10.5. The normalized spacial score (nSPS) is 16.0. The molecule has 0 bridgehead atoms. The predicted molar refractivity (Wildman–Crippen MR) is 108 cm³/mol. The van der Waals surface area contributed by atoms with E-state index in [0.717, 1.165) is 17.7 Å². The Kier molecular flexibility index (Phi) is 6.03. The minimum absolute atomic E-state index is 0.0496. The quantitative estimate of drug-likeness (QED) is 0.803. The second-order valence-corrected chi connectivity index (χ2v) is 6.55. The van der Waals surface area contributed by atoms with E-state index in [2.05, 4.69) is 10.6 Å². The molecule has 1 unspecified atom stereocenters. The molecule has 7 nitrogen and oxygen atoms in total. The fourth-order valence-electron chi connectivity index (χ4n) is 3.34. The van der Waals surface area contributed by atoms with E-state index in [1.54, 1.807) is 37.3 Å². The maximum Gasteiger partial charge on any atom is 0.319 e. The lowest BCUT2D eigenvalue weighted by Crippen LogP contribution is -2.39. The largest absolute Gasteiger partial charge is 0.493 e. The van der Waals surface area contributed by atoms with Crippen molar-refractivity contribution < 1.29 is 19.1 Å². The molecule has 1 atom stereocenters. The summed E-state index contributed by atoms with van der Waals surface area (Å²) in [4.78, 5) is 26.5. The molecule has 0 aromatic heterocycles. The number of carbonyl (C=O) groups excluding carboxylic acids is 2. The van der Waals surface area contributed by atoms with E-state index in [0.29, 0.717) is 23.7 Å². The van der Waals surface area contributed by atoms with E-state index in [9.17, 15) is 9.59 Å². The summed E-state index contributed by atoms with van der Waals surface area (Å²) >= 11 is 0. The Hall–Kier alpha value is -3.22. The number of hydrogen-bond acceptors (Lipinski definition) is 4. The molecule has 0 radical (unpaired) electrons. The molecule has 2 N–H and O–H groups in total. The molecule has 148 valence electrons.